The molecule has 2 aromatic rings. The number of nitrogens with one attached hydrogen (secondary N) is 1. The van der Waals surface area contributed by atoms with Crippen LogP contribution in [0.5, 0.6) is 0 Å². The van der Waals surface area contributed by atoms with E-state index in [2.05, 4.69) is 10.3 Å². The lowest BCUT2D eigenvalue weighted by molar-refractivity contribution is 0.556. The van der Waals surface area contributed by atoms with Crippen LogP contribution in [0.25, 0.3) is 0 Å². The van der Waals surface area contributed by atoms with E-state index in [1.54, 1.807) is 14.0 Å². The van der Waals surface area contributed by atoms with Crippen molar-refractivity contribution in [1.29, 1.82) is 0 Å². The summed E-state index contributed by atoms with van der Waals surface area (Å²) in [5.74, 6) is -0.736. The van der Waals surface area contributed by atoms with Crippen LogP contribution in [0.2, 0.25) is 0 Å². The van der Waals surface area contributed by atoms with Gasteiger partial charge in [-0.1, -0.05) is 6.07 Å². The van der Waals surface area contributed by atoms with Crippen LogP contribution in [0.4, 0.5) is 8.78 Å². The Balaban J connectivity index is 2.48. The summed E-state index contributed by atoms with van der Waals surface area (Å²) in [6, 6.07) is 7.06. The van der Waals surface area contributed by atoms with Gasteiger partial charge in [-0.15, -0.1) is 0 Å². The van der Waals surface area contributed by atoms with Gasteiger partial charge in [-0.2, -0.15) is 0 Å². The number of rotatable bonds is 3. The molecular formula is C14H14F2N2. The van der Waals surface area contributed by atoms with Gasteiger partial charge >= 0.3 is 0 Å². The van der Waals surface area contributed by atoms with Crippen LogP contribution < -0.4 is 5.32 Å². The Kier molecular flexibility index (Phi) is 3.67. The van der Waals surface area contributed by atoms with Gasteiger partial charge in [0, 0.05) is 6.20 Å². The average Bonchev–Trinajstić information content (AvgIpc) is 2.31. The summed E-state index contributed by atoms with van der Waals surface area (Å²) >= 11 is 0. The quantitative estimate of drug-likeness (QED) is 0.903. The zero-order valence-corrected chi connectivity index (χ0v) is 10.2. The number of aromatic nitrogens is 1. The third-order valence-electron chi connectivity index (χ3n) is 2.75. The predicted octanol–water partition coefficient (Wildman–Crippen LogP) is 2.98. The zero-order chi connectivity index (χ0) is 13.1. The SMILES string of the molecule is CNC(c1cc(C)cc(F)c1)c1ncccc1F. The molecule has 1 N–H and O–H groups in total. The summed E-state index contributed by atoms with van der Waals surface area (Å²) in [5.41, 5.74) is 1.72. The minimum absolute atomic E-state index is 0.269. The lowest BCUT2D eigenvalue weighted by atomic mass is 10.0. The molecule has 4 heteroatoms. The molecule has 0 aliphatic carbocycles. The van der Waals surface area contributed by atoms with Crippen molar-refractivity contribution in [3.8, 4) is 0 Å². The summed E-state index contributed by atoms with van der Waals surface area (Å²) < 4.78 is 27.1. The monoisotopic (exact) mass is 248 g/mol. The Hall–Kier alpha value is -1.81. The third-order valence-corrected chi connectivity index (χ3v) is 2.75. The molecule has 1 atom stereocenters. The normalized spacial score (nSPS) is 12.4. The van der Waals surface area contributed by atoms with E-state index in [1.165, 1.54) is 30.5 Å². The van der Waals surface area contributed by atoms with Gasteiger partial charge in [0.2, 0.25) is 0 Å². The van der Waals surface area contributed by atoms with E-state index in [4.69, 9.17) is 0 Å². The average molecular weight is 248 g/mol. The van der Waals surface area contributed by atoms with Crippen LogP contribution in [-0.2, 0) is 0 Å². The second-order valence-corrected chi connectivity index (χ2v) is 4.15. The first-order valence-electron chi connectivity index (χ1n) is 5.66. The number of halogens is 2. The fraction of sp³-hybridized carbons (Fsp3) is 0.214. The van der Waals surface area contributed by atoms with Gasteiger partial charge in [-0.25, -0.2) is 8.78 Å². The second-order valence-electron chi connectivity index (χ2n) is 4.15. The van der Waals surface area contributed by atoms with Gasteiger partial charge in [0.05, 0.1) is 11.7 Å². The summed E-state index contributed by atoms with van der Waals surface area (Å²) in [4.78, 5) is 4.03. The maximum Gasteiger partial charge on any atom is 0.146 e. The topological polar surface area (TPSA) is 24.9 Å². The lowest BCUT2D eigenvalue weighted by Gasteiger charge is -2.17. The van der Waals surface area contributed by atoms with E-state index in [-0.39, 0.29) is 11.5 Å². The maximum atomic E-state index is 13.7. The van der Waals surface area contributed by atoms with Gasteiger partial charge < -0.3 is 5.32 Å². The van der Waals surface area contributed by atoms with E-state index in [0.717, 1.165) is 5.56 Å². The van der Waals surface area contributed by atoms with Crippen LogP contribution >= 0.6 is 0 Å². The molecule has 0 fully saturated rings. The minimum Gasteiger partial charge on any atom is -0.308 e. The number of aryl methyl sites for hydroxylation is 1. The van der Waals surface area contributed by atoms with E-state index in [0.29, 0.717) is 5.56 Å². The minimum atomic E-state index is -0.458. The molecule has 0 amide bonds. The number of pyridine rings is 1. The van der Waals surface area contributed by atoms with Gasteiger partial charge in [0.1, 0.15) is 11.6 Å². The van der Waals surface area contributed by atoms with Crippen LogP contribution in [0, 0.1) is 18.6 Å². The van der Waals surface area contributed by atoms with E-state index < -0.39 is 11.9 Å². The number of benzene rings is 1. The Morgan fingerprint density at radius 3 is 2.61 bits per heavy atom. The molecule has 1 heterocycles. The van der Waals surface area contributed by atoms with Crippen molar-refractivity contribution in [2.75, 3.05) is 7.05 Å². The molecule has 94 valence electrons. The third kappa shape index (κ3) is 2.54. The van der Waals surface area contributed by atoms with E-state index in [9.17, 15) is 8.78 Å². The number of hydrogen-bond donors (Lipinski definition) is 1. The first-order chi connectivity index (χ1) is 8.61. The van der Waals surface area contributed by atoms with Crippen LogP contribution in [0.1, 0.15) is 22.9 Å². The molecule has 2 rings (SSSR count). The van der Waals surface area contributed by atoms with Crippen LogP contribution in [0.3, 0.4) is 0 Å². The van der Waals surface area contributed by atoms with Gasteiger partial charge in [0.25, 0.3) is 0 Å². The molecule has 0 spiro atoms. The molecule has 0 radical (unpaired) electrons. The van der Waals surface area contributed by atoms with Crippen molar-refractivity contribution in [3.63, 3.8) is 0 Å². The molecule has 1 aromatic carbocycles. The summed E-state index contributed by atoms with van der Waals surface area (Å²) in [5, 5.41) is 2.96. The number of hydrogen-bond acceptors (Lipinski definition) is 2. The van der Waals surface area contributed by atoms with Crippen molar-refractivity contribution in [2.45, 2.75) is 13.0 Å². The molecule has 0 aliphatic heterocycles. The Labute approximate surface area is 105 Å². The Bertz CT molecular complexity index is 535. The molecule has 2 nitrogen and oxygen atoms in total. The van der Waals surface area contributed by atoms with Gasteiger partial charge in [0.15, 0.2) is 0 Å². The van der Waals surface area contributed by atoms with Crippen molar-refractivity contribution in [3.05, 3.63) is 65.0 Å². The number of nitrogens with zero attached hydrogens (tertiary/aromatic N) is 1. The fourth-order valence-electron chi connectivity index (χ4n) is 2.00. The molecule has 18 heavy (non-hydrogen) atoms. The second kappa shape index (κ2) is 5.23. The molecule has 1 unspecified atom stereocenters. The zero-order valence-electron chi connectivity index (χ0n) is 10.2. The molecule has 1 aromatic heterocycles. The summed E-state index contributed by atoms with van der Waals surface area (Å²) in [6.45, 7) is 1.80. The highest BCUT2D eigenvalue weighted by Crippen LogP contribution is 2.23. The van der Waals surface area contributed by atoms with Gasteiger partial charge in [-0.05, 0) is 49.4 Å². The standard InChI is InChI=1S/C14H14F2N2/c1-9-6-10(8-11(15)7-9)13(17-2)14-12(16)4-3-5-18-14/h3-8,13,17H,1-2H3. The largest absolute Gasteiger partial charge is 0.308 e. The highest BCUT2D eigenvalue weighted by molar-refractivity contribution is 5.32. The lowest BCUT2D eigenvalue weighted by Crippen LogP contribution is -2.20. The maximum absolute atomic E-state index is 13.7. The van der Waals surface area contributed by atoms with E-state index in [1.807, 2.05) is 6.07 Å². The Morgan fingerprint density at radius 2 is 2.00 bits per heavy atom. The highest BCUT2D eigenvalue weighted by atomic mass is 19.1. The van der Waals surface area contributed by atoms with Crippen molar-refractivity contribution in [1.82, 2.24) is 10.3 Å². The molecular weight excluding hydrogens is 234 g/mol. The smallest absolute Gasteiger partial charge is 0.146 e. The van der Waals surface area contributed by atoms with Crippen molar-refractivity contribution >= 4 is 0 Å². The van der Waals surface area contributed by atoms with Crippen LogP contribution in [0.15, 0.2) is 36.5 Å². The highest BCUT2D eigenvalue weighted by Gasteiger charge is 2.18. The predicted molar refractivity (Wildman–Crippen MR) is 66.2 cm³/mol. The molecule has 0 saturated heterocycles. The molecule has 0 aliphatic rings. The van der Waals surface area contributed by atoms with Crippen LogP contribution in [-0.4, -0.2) is 12.0 Å². The molecule has 0 saturated carbocycles. The first kappa shape index (κ1) is 12.6. The Morgan fingerprint density at radius 1 is 1.22 bits per heavy atom. The summed E-state index contributed by atoms with van der Waals surface area (Å²) in [6.07, 6.45) is 1.52. The summed E-state index contributed by atoms with van der Waals surface area (Å²) in [7, 11) is 1.69. The van der Waals surface area contributed by atoms with Gasteiger partial charge in [-0.3, -0.25) is 4.98 Å². The van der Waals surface area contributed by atoms with E-state index >= 15 is 0 Å². The fourth-order valence-corrected chi connectivity index (χ4v) is 2.00. The van der Waals surface area contributed by atoms with Crippen molar-refractivity contribution in [2.24, 2.45) is 0 Å². The first-order valence-corrected chi connectivity index (χ1v) is 5.66. The van der Waals surface area contributed by atoms with Crippen molar-refractivity contribution < 1.29 is 8.78 Å². The molecule has 0 bridgehead atoms.